The molecule has 14 heteroatoms. The second-order valence-corrected chi connectivity index (χ2v) is 9.07. The number of nitrogens with zero attached hydrogens (tertiary/aromatic N) is 2. The van der Waals surface area contributed by atoms with E-state index in [-0.39, 0.29) is 57.3 Å². The molecule has 1 saturated heterocycles. The lowest BCUT2D eigenvalue weighted by Gasteiger charge is -2.13. The van der Waals surface area contributed by atoms with Crippen molar-refractivity contribution in [3.63, 3.8) is 0 Å². The number of thioether (sulfide) groups is 1. The lowest BCUT2D eigenvalue weighted by Crippen LogP contribution is -2.36. The smallest absolute Gasteiger partial charge is 0.339 e. The summed E-state index contributed by atoms with van der Waals surface area (Å²) in [5.74, 6) is -1.71. The Labute approximate surface area is 218 Å². The molecule has 2 heterocycles. The van der Waals surface area contributed by atoms with Crippen LogP contribution in [0.3, 0.4) is 0 Å². The van der Waals surface area contributed by atoms with Crippen molar-refractivity contribution in [2.75, 3.05) is 25.3 Å². The van der Waals surface area contributed by atoms with E-state index in [0.29, 0.717) is 23.1 Å². The number of esters is 1. The zero-order chi connectivity index (χ0) is 26.7. The van der Waals surface area contributed by atoms with Gasteiger partial charge in [-0.3, -0.25) is 29.4 Å². The number of fused-ring (bicyclic) bond motifs is 1. The molecule has 2 aliphatic heterocycles. The van der Waals surface area contributed by atoms with Gasteiger partial charge in [-0.2, -0.15) is 0 Å². The van der Waals surface area contributed by atoms with Gasteiger partial charge in [0.15, 0.2) is 11.5 Å². The summed E-state index contributed by atoms with van der Waals surface area (Å²) in [6.07, 6.45) is 1.81. The molecule has 2 aromatic rings. The number of nitrogens with one attached hydrogen (secondary N) is 1. The fourth-order valence-corrected chi connectivity index (χ4v) is 4.40. The molecule has 2 aromatic carbocycles. The second kappa shape index (κ2) is 10.9. The molecule has 3 amide bonds. The number of nitro benzene ring substituents is 1. The first-order valence-corrected chi connectivity index (χ1v) is 12.0. The summed E-state index contributed by atoms with van der Waals surface area (Å²) in [5, 5.41) is 13.4. The standard InChI is InChI=1S/C23H18ClN3O9S/c1-2-5-34-22(30)14-8-13(3-4-15(14)24)25-20(28)10-26-21(29)19(37-23(26)31)7-12-6-17-18(36-11-35-17)9-16(12)27(32)33/h3-4,6-9H,2,5,10-11H2,1H3,(H,25,28)/b19-7-. The molecule has 4 rings (SSSR count). The first kappa shape index (κ1) is 26.0. The molecule has 0 aromatic heterocycles. The number of amides is 3. The lowest BCUT2D eigenvalue weighted by molar-refractivity contribution is -0.385. The monoisotopic (exact) mass is 547 g/mol. The highest BCUT2D eigenvalue weighted by Gasteiger charge is 2.37. The third-order valence-electron chi connectivity index (χ3n) is 5.09. The van der Waals surface area contributed by atoms with Gasteiger partial charge in [0.25, 0.3) is 16.8 Å². The Morgan fingerprint density at radius 1 is 1.24 bits per heavy atom. The molecule has 2 aliphatic rings. The molecule has 0 aliphatic carbocycles. The minimum absolute atomic E-state index is 0.0351. The molecule has 12 nitrogen and oxygen atoms in total. The third kappa shape index (κ3) is 5.67. The summed E-state index contributed by atoms with van der Waals surface area (Å²) in [4.78, 5) is 61.5. The number of ether oxygens (including phenoxy) is 3. The van der Waals surface area contributed by atoms with Crippen molar-refractivity contribution in [2.45, 2.75) is 13.3 Å². The Morgan fingerprint density at radius 3 is 2.68 bits per heavy atom. The number of hydrogen-bond donors (Lipinski definition) is 1. The molecule has 0 spiro atoms. The van der Waals surface area contributed by atoms with Crippen LogP contribution in [0.25, 0.3) is 6.08 Å². The van der Waals surface area contributed by atoms with Gasteiger partial charge in [0.1, 0.15) is 6.54 Å². The van der Waals surface area contributed by atoms with Gasteiger partial charge in [0.05, 0.1) is 38.7 Å². The highest BCUT2D eigenvalue weighted by atomic mass is 35.5. The Hall–Kier alpha value is -4.10. The summed E-state index contributed by atoms with van der Waals surface area (Å²) >= 11 is 6.59. The van der Waals surface area contributed by atoms with Gasteiger partial charge in [-0.25, -0.2) is 4.79 Å². The van der Waals surface area contributed by atoms with Gasteiger partial charge < -0.3 is 19.5 Å². The van der Waals surface area contributed by atoms with E-state index in [9.17, 15) is 29.3 Å². The normalized spacial score (nSPS) is 15.3. The average Bonchev–Trinajstić information content (AvgIpc) is 3.42. The van der Waals surface area contributed by atoms with Gasteiger partial charge in [-0.1, -0.05) is 18.5 Å². The molecule has 0 saturated carbocycles. The minimum atomic E-state index is -0.794. The summed E-state index contributed by atoms with van der Waals surface area (Å²) in [7, 11) is 0. The first-order chi connectivity index (χ1) is 17.7. The van der Waals surface area contributed by atoms with Crippen molar-refractivity contribution in [1.82, 2.24) is 4.90 Å². The Bertz CT molecular complexity index is 1360. The first-order valence-electron chi connectivity index (χ1n) is 10.8. The molecule has 0 bridgehead atoms. The fraction of sp³-hybridized carbons (Fsp3) is 0.217. The highest BCUT2D eigenvalue weighted by Crippen LogP contribution is 2.40. The zero-order valence-electron chi connectivity index (χ0n) is 19.1. The average molecular weight is 548 g/mol. The summed E-state index contributed by atoms with van der Waals surface area (Å²) in [5.41, 5.74) is -0.0543. The number of hydrogen-bond acceptors (Lipinski definition) is 10. The number of anilines is 1. The van der Waals surface area contributed by atoms with Crippen LogP contribution in [-0.4, -0.2) is 52.8 Å². The maximum Gasteiger partial charge on any atom is 0.339 e. The van der Waals surface area contributed by atoms with Crippen molar-refractivity contribution in [1.29, 1.82) is 0 Å². The van der Waals surface area contributed by atoms with Crippen molar-refractivity contribution < 1.29 is 38.3 Å². The van der Waals surface area contributed by atoms with Gasteiger partial charge in [-0.15, -0.1) is 0 Å². The number of nitro groups is 1. The van der Waals surface area contributed by atoms with Crippen LogP contribution in [0.5, 0.6) is 11.5 Å². The van der Waals surface area contributed by atoms with Crippen LogP contribution in [0.15, 0.2) is 35.2 Å². The maximum atomic E-state index is 12.8. The number of halogens is 1. The summed E-state index contributed by atoms with van der Waals surface area (Å²) in [6, 6.07) is 6.68. The number of carbonyl (C=O) groups is 4. The van der Waals surface area contributed by atoms with Gasteiger partial charge >= 0.3 is 5.97 Å². The Morgan fingerprint density at radius 2 is 1.97 bits per heavy atom. The van der Waals surface area contributed by atoms with Crippen LogP contribution in [-0.2, 0) is 14.3 Å². The zero-order valence-corrected chi connectivity index (χ0v) is 20.7. The maximum absolute atomic E-state index is 12.8. The second-order valence-electron chi connectivity index (χ2n) is 7.67. The topological polar surface area (TPSA) is 154 Å². The number of rotatable bonds is 8. The molecule has 192 valence electrons. The van der Waals surface area contributed by atoms with Crippen LogP contribution < -0.4 is 14.8 Å². The predicted octanol–water partition coefficient (Wildman–Crippen LogP) is 4.22. The van der Waals surface area contributed by atoms with Crippen LogP contribution in [0.1, 0.15) is 29.3 Å². The number of carbonyl (C=O) groups excluding carboxylic acids is 4. The SMILES string of the molecule is CCCOC(=O)c1cc(NC(=O)CN2C(=O)S/C(=C\c3cc4c(cc3[N+](=O)[O-])OCO4)C2=O)ccc1Cl. The van der Waals surface area contributed by atoms with E-state index in [1.54, 1.807) is 0 Å². The van der Waals surface area contributed by atoms with E-state index >= 15 is 0 Å². The van der Waals surface area contributed by atoms with E-state index in [4.69, 9.17) is 25.8 Å². The van der Waals surface area contributed by atoms with Crippen molar-refractivity contribution >= 4 is 63.8 Å². The Balaban J connectivity index is 1.48. The van der Waals surface area contributed by atoms with Crippen molar-refractivity contribution in [3.05, 3.63) is 61.5 Å². The lowest BCUT2D eigenvalue weighted by atomic mass is 10.1. The van der Waals surface area contributed by atoms with E-state index in [0.717, 1.165) is 0 Å². The molecule has 0 unspecified atom stereocenters. The quantitative estimate of drug-likeness (QED) is 0.220. The van der Waals surface area contributed by atoms with Gasteiger partial charge in [0.2, 0.25) is 12.7 Å². The third-order valence-corrected chi connectivity index (χ3v) is 6.32. The molecule has 0 atom stereocenters. The fourth-order valence-electron chi connectivity index (χ4n) is 3.37. The van der Waals surface area contributed by atoms with Crippen LogP contribution in [0, 0.1) is 10.1 Å². The Kier molecular flexibility index (Phi) is 7.64. The van der Waals surface area contributed by atoms with Crippen LogP contribution in [0.2, 0.25) is 5.02 Å². The van der Waals surface area contributed by atoms with Gasteiger partial charge in [-0.05, 0) is 48.5 Å². The summed E-state index contributed by atoms with van der Waals surface area (Å²) in [6.45, 7) is 1.32. The number of imide groups is 1. The molecular formula is C23H18ClN3O9S. The largest absolute Gasteiger partial charge is 0.462 e. The molecule has 1 fully saturated rings. The summed E-state index contributed by atoms with van der Waals surface area (Å²) < 4.78 is 15.4. The predicted molar refractivity (Wildman–Crippen MR) is 133 cm³/mol. The van der Waals surface area contributed by atoms with E-state index in [2.05, 4.69) is 5.32 Å². The van der Waals surface area contributed by atoms with Gasteiger partial charge in [0, 0.05) is 5.69 Å². The molecular weight excluding hydrogens is 530 g/mol. The minimum Gasteiger partial charge on any atom is -0.462 e. The van der Waals surface area contributed by atoms with Crippen molar-refractivity contribution in [3.8, 4) is 11.5 Å². The van der Waals surface area contributed by atoms with Crippen LogP contribution >= 0.6 is 23.4 Å². The highest BCUT2D eigenvalue weighted by molar-refractivity contribution is 8.18. The van der Waals surface area contributed by atoms with Crippen LogP contribution in [0.4, 0.5) is 16.2 Å². The van der Waals surface area contributed by atoms with E-state index in [1.807, 2.05) is 6.92 Å². The molecule has 37 heavy (non-hydrogen) atoms. The van der Waals surface area contributed by atoms with Crippen molar-refractivity contribution in [2.24, 2.45) is 0 Å². The molecule has 0 radical (unpaired) electrons. The van der Waals surface area contributed by atoms with E-state index in [1.165, 1.54) is 36.4 Å². The number of benzene rings is 2. The molecule has 1 N–H and O–H groups in total. The van der Waals surface area contributed by atoms with E-state index < -0.39 is 34.5 Å².